The topological polar surface area (TPSA) is 52.6 Å². The molecule has 0 saturated carbocycles. The van der Waals surface area contributed by atoms with Crippen LogP contribution in [0.1, 0.15) is 29.3 Å². The number of aryl methyl sites for hydroxylation is 1. The first kappa shape index (κ1) is 12.6. The van der Waals surface area contributed by atoms with Gasteiger partial charge in [0.2, 0.25) is 0 Å². The van der Waals surface area contributed by atoms with E-state index in [0.717, 1.165) is 5.56 Å². The Morgan fingerprint density at radius 1 is 1.50 bits per heavy atom. The molecule has 1 atom stereocenters. The second-order valence-electron chi connectivity index (χ2n) is 4.31. The smallest absolute Gasteiger partial charge is 0.316 e. The molecule has 0 spiro atoms. The van der Waals surface area contributed by atoms with E-state index >= 15 is 0 Å². The summed E-state index contributed by atoms with van der Waals surface area (Å²) in [4.78, 5) is 24.1. The van der Waals surface area contributed by atoms with Gasteiger partial charge in [-0.2, -0.15) is 0 Å². The number of fused-ring (bicyclic) bond motifs is 1. The third-order valence-electron chi connectivity index (χ3n) is 2.95. The molecule has 0 radical (unpaired) electrons. The van der Waals surface area contributed by atoms with E-state index in [1.165, 1.54) is 0 Å². The zero-order valence-electron chi connectivity index (χ0n) is 10.6. The number of ketones is 1. The van der Waals surface area contributed by atoms with Gasteiger partial charge in [0.1, 0.15) is 11.7 Å². The van der Waals surface area contributed by atoms with E-state index in [9.17, 15) is 9.59 Å². The van der Waals surface area contributed by atoms with Crippen molar-refractivity contribution in [1.82, 2.24) is 0 Å². The quantitative estimate of drug-likeness (QED) is 0.594. The number of hydrogen-bond acceptors (Lipinski definition) is 4. The minimum absolute atomic E-state index is 0.204. The van der Waals surface area contributed by atoms with Gasteiger partial charge >= 0.3 is 5.97 Å². The fourth-order valence-electron chi connectivity index (χ4n) is 2.04. The van der Waals surface area contributed by atoms with Gasteiger partial charge in [-0.25, -0.2) is 0 Å². The van der Waals surface area contributed by atoms with Crippen molar-refractivity contribution >= 4 is 11.8 Å². The number of benzene rings is 1. The van der Waals surface area contributed by atoms with Gasteiger partial charge in [0.15, 0.2) is 5.78 Å². The van der Waals surface area contributed by atoms with E-state index in [0.29, 0.717) is 24.3 Å². The molecule has 1 aromatic rings. The van der Waals surface area contributed by atoms with Crippen molar-refractivity contribution in [2.24, 2.45) is 5.92 Å². The molecule has 96 valence electrons. The lowest BCUT2D eigenvalue weighted by molar-refractivity contribution is -0.146. The SMILES string of the molecule is CCOC(=O)C1CCOc2ccc(C)cc2C1=O. The van der Waals surface area contributed by atoms with E-state index in [1.54, 1.807) is 19.1 Å². The molecule has 4 nitrogen and oxygen atoms in total. The summed E-state index contributed by atoms with van der Waals surface area (Å²) in [6.07, 6.45) is 0.366. The zero-order valence-corrected chi connectivity index (χ0v) is 10.6. The Labute approximate surface area is 106 Å². The number of esters is 1. The van der Waals surface area contributed by atoms with Gasteiger partial charge in [-0.05, 0) is 26.0 Å². The van der Waals surface area contributed by atoms with Crippen LogP contribution in [0.4, 0.5) is 0 Å². The highest BCUT2D eigenvalue weighted by Gasteiger charge is 2.33. The van der Waals surface area contributed by atoms with Gasteiger partial charge in [0.25, 0.3) is 0 Å². The molecule has 1 heterocycles. The number of rotatable bonds is 2. The highest BCUT2D eigenvalue weighted by atomic mass is 16.5. The van der Waals surface area contributed by atoms with Gasteiger partial charge in [0.05, 0.1) is 18.8 Å². The maximum absolute atomic E-state index is 12.3. The first-order chi connectivity index (χ1) is 8.63. The number of carbonyl (C=O) groups excluding carboxylic acids is 2. The number of hydrogen-bond donors (Lipinski definition) is 0. The Morgan fingerprint density at radius 3 is 3.00 bits per heavy atom. The highest BCUT2D eigenvalue weighted by Crippen LogP contribution is 2.28. The Hall–Kier alpha value is -1.84. The predicted octanol–water partition coefficient (Wildman–Crippen LogP) is 2.14. The monoisotopic (exact) mass is 248 g/mol. The second kappa shape index (κ2) is 5.21. The van der Waals surface area contributed by atoms with Crippen LogP contribution in [0, 0.1) is 12.8 Å². The third-order valence-corrected chi connectivity index (χ3v) is 2.95. The highest BCUT2D eigenvalue weighted by molar-refractivity contribution is 6.10. The molecule has 0 saturated heterocycles. The van der Waals surface area contributed by atoms with Crippen molar-refractivity contribution in [1.29, 1.82) is 0 Å². The van der Waals surface area contributed by atoms with E-state index in [-0.39, 0.29) is 12.4 Å². The van der Waals surface area contributed by atoms with Crippen LogP contribution in [0.2, 0.25) is 0 Å². The summed E-state index contributed by atoms with van der Waals surface area (Å²) in [5.41, 5.74) is 1.45. The molecular formula is C14H16O4. The summed E-state index contributed by atoms with van der Waals surface area (Å²) < 4.78 is 10.4. The summed E-state index contributed by atoms with van der Waals surface area (Å²) in [5.74, 6) is -0.851. The van der Waals surface area contributed by atoms with Crippen LogP contribution in [0.25, 0.3) is 0 Å². The molecule has 4 heteroatoms. The zero-order chi connectivity index (χ0) is 13.1. The van der Waals surface area contributed by atoms with Crippen molar-refractivity contribution in [3.8, 4) is 5.75 Å². The van der Waals surface area contributed by atoms with Crippen LogP contribution in [-0.4, -0.2) is 25.0 Å². The van der Waals surface area contributed by atoms with E-state index in [2.05, 4.69) is 0 Å². The van der Waals surface area contributed by atoms with Crippen LogP contribution in [0.5, 0.6) is 5.75 Å². The van der Waals surface area contributed by atoms with Crippen molar-refractivity contribution in [2.75, 3.05) is 13.2 Å². The average Bonchev–Trinajstić information content (AvgIpc) is 2.50. The Kier molecular flexibility index (Phi) is 3.65. The molecule has 1 aliphatic heterocycles. The van der Waals surface area contributed by atoms with E-state index in [1.807, 2.05) is 13.0 Å². The summed E-state index contributed by atoms with van der Waals surface area (Å²) >= 11 is 0. The summed E-state index contributed by atoms with van der Waals surface area (Å²) in [6, 6.07) is 5.42. The Morgan fingerprint density at radius 2 is 2.28 bits per heavy atom. The first-order valence-electron chi connectivity index (χ1n) is 6.07. The van der Waals surface area contributed by atoms with Gasteiger partial charge in [-0.1, -0.05) is 11.6 Å². The predicted molar refractivity (Wildman–Crippen MR) is 65.7 cm³/mol. The standard InChI is InChI=1S/C14H16O4/c1-3-17-14(16)10-6-7-18-12-5-4-9(2)8-11(12)13(10)15/h4-5,8,10H,3,6-7H2,1-2H3. The average molecular weight is 248 g/mol. The molecule has 1 unspecified atom stereocenters. The maximum atomic E-state index is 12.3. The molecule has 0 aromatic heterocycles. The lowest BCUT2D eigenvalue weighted by Crippen LogP contribution is -2.26. The van der Waals surface area contributed by atoms with E-state index in [4.69, 9.17) is 9.47 Å². The molecule has 0 N–H and O–H groups in total. The fourth-order valence-corrected chi connectivity index (χ4v) is 2.04. The van der Waals surface area contributed by atoms with Crippen molar-refractivity contribution in [3.63, 3.8) is 0 Å². The lowest BCUT2D eigenvalue weighted by Gasteiger charge is -2.11. The Balaban J connectivity index is 2.34. The van der Waals surface area contributed by atoms with Crippen LogP contribution in [0.15, 0.2) is 18.2 Å². The molecule has 0 aliphatic carbocycles. The molecule has 1 aromatic carbocycles. The van der Waals surface area contributed by atoms with Gasteiger partial charge < -0.3 is 9.47 Å². The summed E-state index contributed by atoms with van der Waals surface area (Å²) in [5, 5.41) is 0. The minimum atomic E-state index is -0.743. The van der Waals surface area contributed by atoms with Crippen molar-refractivity contribution in [3.05, 3.63) is 29.3 Å². The van der Waals surface area contributed by atoms with Gasteiger partial charge in [-0.3, -0.25) is 9.59 Å². The fraction of sp³-hybridized carbons (Fsp3) is 0.429. The van der Waals surface area contributed by atoms with Crippen LogP contribution >= 0.6 is 0 Å². The second-order valence-corrected chi connectivity index (χ2v) is 4.31. The maximum Gasteiger partial charge on any atom is 0.316 e. The molecule has 0 fully saturated rings. The molecule has 1 aliphatic rings. The third kappa shape index (κ3) is 2.37. The van der Waals surface area contributed by atoms with Crippen LogP contribution < -0.4 is 4.74 Å². The van der Waals surface area contributed by atoms with Crippen molar-refractivity contribution in [2.45, 2.75) is 20.3 Å². The summed E-state index contributed by atoms with van der Waals surface area (Å²) in [7, 11) is 0. The lowest BCUT2D eigenvalue weighted by atomic mass is 9.94. The van der Waals surface area contributed by atoms with Gasteiger partial charge in [-0.15, -0.1) is 0 Å². The first-order valence-corrected chi connectivity index (χ1v) is 6.07. The normalized spacial score (nSPS) is 18.6. The number of Topliss-reactive ketones (excluding diaryl/α,β-unsaturated/α-hetero) is 1. The van der Waals surface area contributed by atoms with Crippen LogP contribution in [-0.2, 0) is 9.53 Å². The largest absolute Gasteiger partial charge is 0.493 e. The summed E-state index contributed by atoms with van der Waals surface area (Å²) in [6.45, 7) is 4.26. The number of ether oxygens (including phenoxy) is 2. The molecule has 2 rings (SSSR count). The Bertz CT molecular complexity index is 479. The number of carbonyl (C=O) groups is 2. The van der Waals surface area contributed by atoms with Gasteiger partial charge in [0, 0.05) is 6.42 Å². The van der Waals surface area contributed by atoms with E-state index < -0.39 is 11.9 Å². The van der Waals surface area contributed by atoms with Crippen LogP contribution in [0.3, 0.4) is 0 Å². The molecule has 0 amide bonds. The molecular weight excluding hydrogens is 232 g/mol. The molecule has 0 bridgehead atoms. The van der Waals surface area contributed by atoms with Crippen molar-refractivity contribution < 1.29 is 19.1 Å². The molecule has 18 heavy (non-hydrogen) atoms. The minimum Gasteiger partial charge on any atom is -0.493 e.